The highest BCUT2D eigenvalue weighted by Crippen LogP contribution is 2.25. The molecule has 0 unspecified atom stereocenters. The van der Waals surface area contributed by atoms with Crippen LogP contribution in [0.1, 0.15) is 10.4 Å². The molecule has 0 aliphatic heterocycles. The lowest BCUT2D eigenvalue weighted by atomic mass is 10.0. The summed E-state index contributed by atoms with van der Waals surface area (Å²) in [7, 11) is 0. The van der Waals surface area contributed by atoms with E-state index < -0.39 is 4.92 Å². The van der Waals surface area contributed by atoms with Crippen LogP contribution in [0.4, 0.5) is 11.5 Å². The highest BCUT2D eigenvalue weighted by Gasteiger charge is 2.15. The predicted molar refractivity (Wildman–Crippen MR) is 106 cm³/mol. The van der Waals surface area contributed by atoms with Gasteiger partial charge in [-0.15, -0.1) is 0 Å². The Morgan fingerprint density at radius 1 is 0.964 bits per heavy atom. The number of carbonyl (C=O) groups excluding carboxylic acids is 1. The number of rotatable bonds is 4. The Labute approximate surface area is 159 Å². The third kappa shape index (κ3) is 3.41. The monoisotopic (exact) mass is 370 g/mol. The van der Waals surface area contributed by atoms with Crippen LogP contribution in [-0.2, 0) is 0 Å². The lowest BCUT2D eigenvalue weighted by molar-refractivity contribution is -0.385. The number of para-hydroxylation sites is 1. The van der Waals surface area contributed by atoms with Crippen LogP contribution < -0.4 is 5.32 Å². The molecule has 0 spiro atoms. The number of fused-ring (bicyclic) bond motifs is 1. The van der Waals surface area contributed by atoms with E-state index in [0.29, 0.717) is 22.2 Å². The van der Waals surface area contributed by atoms with Gasteiger partial charge in [0.15, 0.2) is 0 Å². The van der Waals surface area contributed by atoms with Crippen molar-refractivity contribution >= 4 is 28.3 Å². The predicted octanol–water partition coefficient (Wildman–Crippen LogP) is 4.46. The van der Waals surface area contributed by atoms with E-state index in [1.54, 1.807) is 6.07 Å². The number of benzene rings is 2. The molecular weight excluding hydrogens is 356 g/mol. The number of hydrogen-bond donors (Lipinski definition) is 1. The Bertz CT molecular complexity index is 1180. The van der Waals surface area contributed by atoms with Gasteiger partial charge in [0.25, 0.3) is 11.6 Å². The molecule has 7 heteroatoms. The lowest BCUT2D eigenvalue weighted by Gasteiger charge is -2.10. The van der Waals surface area contributed by atoms with Crippen LogP contribution in [-0.4, -0.2) is 20.8 Å². The van der Waals surface area contributed by atoms with Gasteiger partial charge >= 0.3 is 0 Å². The van der Waals surface area contributed by atoms with E-state index in [9.17, 15) is 14.9 Å². The van der Waals surface area contributed by atoms with Crippen LogP contribution in [0, 0.1) is 10.1 Å². The summed E-state index contributed by atoms with van der Waals surface area (Å²) in [5.74, 6) is -0.130. The smallest absolute Gasteiger partial charge is 0.287 e. The molecule has 2 aromatic heterocycles. The first-order valence-electron chi connectivity index (χ1n) is 8.49. The SMILES string of the molecule is O=C(Nc1ccc([N+](=O)[O-])cn1)c1cc(-c2ccccc2)nc2ccccc12. The van der Waals surface area contributed by atoms with Crippen LogP contribution in [0.2, 0.25) is 0 Å². The van der Waals surface area contributed by atoms with E-state index in [2.05, 4.69) is 15.3 Å². The van der Waals surface area contributed by atoms with Gasteiger partial charge in [-0.05, 0) is 18.2 Å². The van der Waals surface area contributed by atoms with Crippen LogP contribution in [0.15, 0.2) is 79.0 Å². The Balaban J connectivity index is 1.74. The number of nitrogens with zero attached hydrogens (tertiary/aromatic N) is 3. The molecular formula is C21H14N4O3. The van der Waals surface area contributed by atoms with Crippen molar-refractivity contribution in [3.05, 3.63) is 94.7 Å². The standard InChI is InChI=1S/C21H14N4O3/c26-21(24-20-11-10-15(13-22-20)25(27)28)17-12-19(14-6-2-1-3-7-14)23-18-9-5-4-8-16(17)18/h1-13H,(H,22,24,26). The first kappa shape index (κ1) is 17.3. The second kappa shape index (κ2) is 7.24. The Morgan fingerprint density at radius 2 is 1.71 bits per heavy atom. The Hall–Kier alpha value is -4.13. The molecule has 0 saturated carbocycles. The summed E-state index contributed by atoms with van der Waals surface area (Å²) < 4.78 is 0. The van der Waals surface area contributed by atoms with Crippen molar-refractivity contribution in [1.82, 2.24) is 9.97 Å². The molecule has 7 nitrogen and oxygen atoms in total. The van der Waals surface area contributed by atoms with Crippen LogP contribution >= 0.6 is 0 Å². The molecule has 136 valence electrons. The van der Waals surface area contributed by atoms with E-state index >= 15 is 0 Å². The Kier molecular flexibility index (Phi) is 4.47. The van der Waals surface area contributed by atoms with Gasteiger partial charge in [0.05, 0.1) is 21.7 Å². The van der Waals surface area contributed by atoms with Gasteiger partial charge < -0.3 is 5.32 Å². The summed E-state index contributed by atoms with van der Waals surface area (Å²) in [5, 5.41) is 14.2. The minimum Gasteiger partial charge on any atom is -0.307 e. The number of anilines is 1. The van der Waals surface area contributed by atoms with Gasteiger partial charge in [-0.2, -0.15) is 0 Å². The summed E-state index contributed by atoms with van der Waals surface area (Å²) in [6.45, 7) is 0. The number of aromatic nitrogens is 2. The summed E-state index contributed by atoms with van der Waals surface area (Å²) in [6.07, 6.45) is 1.11. The largest absolute Gasteiger partial charge is 0.307 e. The molecule has 0 aliphatic carbocycles. The fourth-order valence-corrected chi connectivity index (χ4v) is 2.87. The summed E-state index contributed by atoms with van der Waals surface area (Å²) in [5.41, 5.74) is 2.59. The van der Waals surface area contributed by atoms with Crippen LogP contribution in [0.25, 0.3) is 22.2 Å². The average Bonchev–Trinajstić information content (AvgIpc) is 2.74. The van der Waals surface area contributed by atoms with Gasteiger partial charge in [-0.3, -0.25) is 14.9 Å². The summed E-state index contributed by atoms with van der Waals surface area (Å²) in [4.78, 5) is 31.7. The van der Waals surface area contributed by atoms with Crippen LogP contribution in [0.5, 0.6) is 0 Å². The highest BCUT2D eigenvalue weighted by molar-refractivity contribution is 6.12. The van der Waals surface area contributed by atoms with Gasteiger partial charge in [0.2, 0.25) is 0 Å². The molecule has 28 heavy (non-hydrogen) atoms. The van der Waals surface area contributed by atoms with E-state index in [1.165, 1.54) is 12.1 Å². The minimum atomic E-state index is -0.541. The zero-order chi connectivity index (χ0) is 19.5. The molecule has 0 fully saturated rings. The topological polar surface area (TPSA) is 98.0 Å². The maximum absolute atomic E-state index is 12.9. The molecule has 0 saturated heterocycles. The summed E-state index contributed by atoms with van der Waals surface area (Å²) >= 11 is 0. The van der Waals surface area contributed by atoms with Crippen molar-refractivity contribution in [3.8, 4) is 11.3 Å². The van der Waals surface area contributed by atoms with Gasteiger partial charge in [-0.25, -0.2) is 9.97 Å². The molecule has 4 aromatic rings. The Morgan fingerprint density at radius 3 is 2.43 bits per heavy atom. The zero-order valence-electron chi connectivity index (χ0n) is 14.6. The first-order chi connectivity index (χ1) is 13.6. The fourth-order valence-electron chi connectivity index (χ4n) is 2.87. The van der Waals surface area contributed by atoms with E-state index in [-0.39, 0.29) is 17.4 Å². The van der Waals surface area contributed by atoms with E-state index in [0.717, 1.165) is 11.8 Å². The number of hydrogen-bond acceptors (Lipinski definition) is 5. The first-order valence-corrected chi connectivity index (χ1v) is 8.49. The normalized spacial score (nSPS) is 10.6. The molecule has 2 aromatic carbocycles. The number of carbonyl (C=O) groups is 1. The van der Waals surface area contributed by atoms with Crippen LogP contribution in [0.3, 0.4) is 0 Å². The van der Waals surface area contributed by atoms with Crippen molar-refractivity contribution in [2.75, 3.05) is 5.32 Å². The second-order valence-corrected chi connectivity index (χ2v) is 6.05. The molecule has 0 aliphatic rings. The van der Waals surface area contributed by atoms with Crippen molar-refractivity contribution in [2.45, 2.75) is 0 Å². The van der Waals surface area contributed by atoms with E-state index in [1.807, 2.05) is 54.6 Å². The lowest BCUT2D eigenvalue weighted by Crippen LogP contribution is -2.14. The molecule has 4 rings (SSSR count). The molecule has 2 heterocycles. The minimum absolute atomic E-state index is 0.140. The average molecular weight is 370 g/mol. The van der Waals surface area contributed by atoms with Gasteiger partial charge in [0.1, 0.15) is 12.0 Å². The maximum Gasteiger partial charge on any atom is 0.287 e. The van der Waals surface area contributed by atoms with Crippen molar-refractivity contribution < 1.29 is 9.72 Å². The second-order valence-electron chi connectivity index (χ2n) is 6.05. The number of pyridine rings is 2. The third-order valence-corrected chi connectivity index (χ3v) is 4.23. The molecule has 1 N–H and O–H groups in total. The molecule has 0 radical (unpaired) electrons. The molecule has 0 atom stereocenters. The highest BCUT2D eigenvalue weighted by atomic mass is 16.6. The van der Waals surface area contributed by atoms with Crippen molar-refractivity contribution in [3.63, 3.8) is 0 Å². The van der Waals surface area contributed by atoms with Crippen molar-refractivity contribution in [1.29, 1.82) is 0 Å². The number of amides is 1. The van der Waals surface area contributed by atoms with E-state index in [4.69, 9.17) is 0 Å². The summed E-state index contributed by atoms with van der Waals surface area (Å²) in [6, 6.07) is 21.4. The number of nitro groups is 1. The third-order valence-electron chi connectivity index (χ3n) is 4.23. The maximum atomic E-state index is 12.9. The van der Waals surface area contributed by atoms with Crippen molar-refractivity contribution in [2.24, 2.45) is 0 Å². The molecule has 1 amide bonds. The molecule has 0 bridgehead atoms. The fraction of sp³-hybridized carbons (Fsp3) is 0. The quantitative estimate of drug-likeness (QED) is 0.422. The number of nitrogens with one attached hydrogen (secondary N) is 1. The van der Waals surface area contributed by atoms with Gasteiger partial charge in [0, 0.05) is 17.0 Å². The zero-order valence-corrected chi connectivity index (χ0v) is 14.6. The van der Waals surface area contributed by atoms with Gasteiger partial charge in [-0.1, -0.05) is 48.5 Å².